The van der Waals surface area contributed by atoms with Crippen LogP contribution in [0.4, 0.5) is 0 Å². The summed E-state index contributed by atoms with van der Waals surface area (Å²) >= 11 is 6.04. The first kappa shape index (κ1) is 21.3. The van der Waals surface area contributed by atoms with E-state index in [2.05, 4.69) is 20.8 Å². The van der Waals surface area contributed by atoms with Crippen molar-refractivity contribution in [2.45, 2.75) is 65.7 Å². The summed E-state index contributed by atoms with van der Waals surface area (Å²) in [6, 6.07) is 0. The lowest BCUT2D eigenvalue weighted by atomic mass is 10.1. The van der Waals surface area contributed by atoms with Gasteiger partial charge in [0.05, 0.1) is 32.1 Å². The maximum Gasteiger partial charge on any atom is 0.0924 e. The number of hydrogen-bond acceptors (Lipinski definition) is 0. The molecule has 1 nitrogen and oxygen atoms in total. The highest BCUT2D eigenvalue weighted by Crippen LogP contribution is 2.15. The first-order valence-corrected chi connectivity index (χ1v) is 8.19. The average molecular weight is 390 g/mol. The number of alkyl halides is 1. The Labute approximate surface area is 137 Å². The fourth-order valence-electron chi connectivity index (χ4n) is 2.53. The summed E-state index contributed by atoms with van der Waals surface area (Å²) in [7, 11) is 0. The van der Waals surface area contributed by atoms with Gasteiger partial charge in [-0.05, 0) is 25.7 Å². The van der Waals surface area contributed by atoms with E-state index in [-0.39, 0.29) is 24.0 Å². The second kappa shape index (κ2) is 14.4. The zero-order chi connectivity index (χ0) is 13.0. The Balaban J connectivity index is 0. The van der Waals surface area contributed by atoms with Crippen LogP contribution in [0.1, 0.15) is 65.7 Å². The average Bonchev–Trinajstić information content (AvgIpc) is 2.34. The molecule has 0 aromatic rings. The van der Waals surface area contributed by atoms with Crippen molar-refractivity contribution >= 4 is 11.6 Å². The molecule has 0 amide bonds. The molecule has 0 N–H and O–H groups in total. The number of hydrogen-bond donors (Lipinski definition) is 0. The molecule has 0 aromatic carbocycles. The lowest BCUT2D eigenvalue weighted by Crippen LogP contribution is -3.00. The summed E-state index contributed by atoms with van der Waals surface area (Å²) in [6.45, 7) is 12.1. The van der Waals surface area contributed by atoms with E-state index < -0.39 is 0 Å². The van der Waals surface area contributed by atoms with E-state index in [1.165, 1.54) is 75.6 Å². The summed E-state index contributed by atoms with van der Waals surface area (Å²) in [6.07, 6.45) is 9.40. The molecule has 0 saturated carbocycles. The molecular weight excluding hydrogens is 357 g/mol. The quantitative estimate of drug-likeness (QED) is 0.207. The van der Waals surface area contributed by atoms with E-state index in [0.29, 0.717) is 0 Å². The first-order valence-electron chi connectivity index (χ1n) is 7.65. The summed E-state index contributed by atoms with van der Waals surface area (Å²) in [5.41, 5.74) is 0. The van der Waals surface area contributed by atoms with Crippen LogP contribution in [0.2, 0.25) is 0 Å². The standard InChI is InChI=1S/C15H33ClN.HI/c1-4-7-10-14-17(15-11-16,12-8-5-2)13-9-6-3;/h4-15H2,1-3H3;1H/q+1;/p-1. The van der Waals surface area contributed by atoms with Gasteiger partial charge in [-0.1, -0.05) is 40.0 Å². The second-order valence-corrected chi connectivity index (χ2v) is 5.72. The fourth-order valence-corrected chi connectivity index (χ4v) is 2.89. The molecule has 0 heterocycles. The summed E-state index contributed by atoms with van der Waals surface area (Å²) < 4.78 is 1.28. The number of nitrogens with zero attached hydrogens (tertiary/aromatic N) is 1. The van der Waals surface area contributed by atoms with Crippen molar-refractivity contribution in [3.63, 3.8) is 0 Å². The third-order valence-corrected chi connectivity index (χ3v) is 3.94. The van der Waals surface area contributed by atoms with Gasteiger partial charge in [-0.15, -0.1) is 11.6 Å². The molecule has 0 radical (unpaired) electrons. The predicted molar refractivity (Wildman–Crippen MR) is 79.8 cm³/mol. The molecule has 0 spiro atoms. The van der Waals surface area contributed by atoms with Crippen LogP contribution >= 0.6 is 11.6 Å². The zero-order valence-corrected chi connectivity index (χ0v) is 15.6. The Morgan fingerprint density at radius 3 is 1.50 bits per heavy atom. The molecule has 0 unspecified atom stereocenters. The Morgan fingerprint density at radius 2 is 1.11 bits per heavy atom. The van der Waals surface area contributed by atoms with Gasteiger partial charge in [0, 0.05) is 0 Å². The van der Waals surface area contributed by atoms with Crippen molar-refractivity contribution in [2.24, 2.45) is 0 Å². The maximum atomic E-state index is 6.04. The van der Waals surface area contributed by atoms with E-state index in [0.717, 1.165) is 5.88 Å². The molecule has 0 aliphatic heterocycles. The highest BCUT2D eigenvalue weighted by Gasteiger charge is 2.24. The van der Waals surface area contributed by atoms with Crippen LogP contribution in [0.3, 0.4) is 0 Å². The van der Waals surface area contributed by atoms with E-state index in [4.69, 9.17) is 11.6 Å². The first-order chi connectivity index (χ1) is 8.24. The Bertz CT molecular complexity index is 157. The monoisotopic (exact) mass is 389 g/mol. The highest BCUT2D eigenvalue weighted by atomic mass is 127. The third kappa shape index (κ3) is 9.85. The number of unbranched alkanes of at least 4 members (excludes halogenated alkanes) is 4. The van der Waals surface area contributed by atoms with Crippen LogP contribution in [-0.2, 0) is 0 Å². The normalized spacial score (nSPS) is 11.3. The van der Waals surface area contributed by atoms with Crippen LogP contribution in [0, 0.1) is 0 Å². The SMILES string of the molecule is CCCCC[N+](CCCl)(CCCC)CCCC.[I-]. The largest absolute Gasteiger partial charge is 1.00 e. The molecule has 0 aliphatic rings. The molecular formula is C15H33ClIN. The number of quaternary nitrogens is 1. The van der Waals surface area contributed by atoms with Crippen molar-refractivity contribution in [3.8, 4) is 0 Å². The lowest BCUT2D eigenvalue weighted by molar-refractivity contribution is -0.926. The molecule has 112 valence electrons. The zero-order valence-electron chi connectivity index (χ0n) is 12.7. The molecule has 3 heteroatoms. The van der Waals surface area contributed by atoms with Crippen molar-refractivity contribution in [1.82, 2.24) is 0 Å². The Kier molecular flexibility index (Phi) is 17.0. The van der Waals surface area contributed by atoms with E-state index in [9.17, 15) is 0 Å². The highest BCUT2D eigenvalue weighted by molar-refractivity contribution is 6.17. The molecule has 0 atom stereocenters. The van der Waals surface area contributed by atoms with Gasteiger partial charge in [0.25, 0.3) is 0 Å². The summed E-state index contributed by atoms with van der Waals surface area (Å²) in [5, 5.41) is 0. The van der Waals surface area contributed by atoms with Gasteiger partial charge in [0.1, 0.15) is 0 Å². The van der Waals surface area contributed by atoms with Crippen molar-refractivity contribution in [1.29, 1.82) is 0 Å². The number of rotatable bonds is 12. The van der Waals surface area contributed by atoms with Crippen molar-refractivity contribution < 1.29 is 28.5 Å². The summed E-state index contributed by atoms with van der Waals surface area (Å²) in [4.78, 5) is 0. The second-order valence-electron chi connectivity index (χ2n) is 5.34. The lowest BCUT2D eigenvalue weighted by Gasteiger charge is -2.38. The molecule has 0 bridgehead atoms. The minimum Gasteiger partial charge on any atom is -1.00 e. The van der Waals surface area contributed by atoms with E-state index in [1.807, 2.05) is 0 Å². The van der Waals surface area contributed by atoms with Gasteiger partial charge in [-0.25, -0.2) is 0 Å². The molecule has 18 heavy (non-hydrogen) atoms. The van der Waals surface area contributed by atoms with Crippen LogP contribution < -0.4 is 24.0 Å². The van der Waals surface area contributed by atoms with Gasteiger partial charge >= 0.3 is 0 Å². The Hall–Kier alpha value is 0.980. The fraction of sp³-hybridized carbons (Fsp3) is 1.00. The van der Waals surface area contributed by atoms with Crippen LogP contribution in [0.15, 0.2) is 0 Å². The van der Waals surface area contributed by atoms with Crippen LogP contribution in [0.5, 0.6) is 0 Å². The van der Waals surface area contributed by atoms with Gasteiger partial charge in [0.15, 0.2) is 0 Å². The third-order valence-electron chi connectivity index (χ3n) is 3.77. The molecule has 0 aromatic heterocycles. The minimum absolute atomic E-state index is 0. The van der Waals surface area contributed by atoms with Gasteiger partial charge in [-0.3, -0.25) is 0 Å². The minimum atomic E-state index is 0. The number of halogens is 2. The Morgan fingerprint density at radius 1 is 0.667 bits per heavy atom. The van der Waals surface area contributed by atoms with Crippen molar-refractivity contribution in [3.05, 3.63) is 0 Å². The van der Waals surface area contributed by atoms with E-state index >= 15 is 0 Å². The smallest absolute Gasteiger partial charge is 0.0924 e. The summed E-state index contributed by atoms with van der Waals surface area (Å²) in [5.74, 6) is 0.819. The predicted octanol–water partition coefficient (Wildman–Crippen LogP) is 1.84. The topological polar surface area (TPSA) is 0 Å². The molecule has 0 aliphatic carbocycles. The van der Waals surface area contributed by atoms with Crippen LogP contribution in [-0.4, -0.2) is 36.5 Å². The molecule has 0 rings (SSSR count). The van der Waals surface area contributed by atoms with Gasteiger partial charge < -0.3 is 28.5 Å². The van der Waals surface area contributed by atoms with Gasteiger partial charge in [0.2, 0.25) is 0 Å². The molecule has 0 saturated heterocycles. The van der Waals surface area contributed by atoms with Crippen LogP contribution in [0.25, 0.3) is 0 Å². The molecule has 0 fully saturated rings. The maximum absolute atomic E-state index is 6.04. The van der Waals surface area contributed by atoms with Crippen molar-refractivity contribution in [2.75, 3.05) is 32.1 Å². The van der Waals surface area contributed by atoms with E-state index in [1.54, 1.807) is 0 Å². The van der Waals surface area contributed by atoms with Gasteiger partial charge in [-0.2, -0.15) is 0 Å².